The molecule has 0 saturated heterocycles. The summed E-state index contributed by atoms with van der Waals surface area (Å²) in [6.45, 7) is 3.33. The Morgan fingerprint density at radius 1 is 0.900 bits per heavy atom. The maximum Gasteiger partial charge on any atom is 0.238 e. The first-order valence-corrected chi connectivity index (χ1v) is 10.5. The predicted molar refractivity (Wildman–Crippen MR) is 111 cm³/mol. The number of benzene rings is 2. The van der Waals surface area contributed by atoms with Crippen LogP contribution in [0.4, 0.5) is 0 Å². The van der Waals surface area contributed by atoms with Crippen molar-refractivity contribution in [2.24, 2.45) is 5.14 Å². The molecule has 0 aromatic heterocycles. The zero-order chi connectivity index (χ0) is 22.3. The van der Waals surface area contributed by atoms with Gasteiger partial charge in [0.2, 0.25) is 21.6 Å². The van der Waals surface area contributed by atoms with Crippen LogP contribution >= 0.6 is 0 Å². The summed E-state index contributed by atoms with van der Waals surface area (Å²) in [5.41, 5.74) is 0.266. The summed E-state index contributed by atoms with van der Waals surface area (Å²) in [7, 11) is 0.623. The van der Waals surface area contributed by atoms with Crippen molar-refractivity contribution in [3.8, 4) is 17.2 Å². The van der Waals surface area contributed by atoms with Crippen molar-refractivity contribution in [3.63, 3.8) is 0 Å². The second-order valence-electron chi connectivity index (χ2n) is 7.13. The average molecular weight is 433 g/mol. The first-order chi connectivity index (χ1) is 14.0. The lowest BCUT2D eigenvalue weighted by atomic mass is 9.92. The minimum absolute atomic E-state index is 0.0373. The van der Waals surface area contributed by atoms with Crippen LogP contribution in [0.1, 0.15) is 25.0 Å². The highest BCUT2D eigenvalue weighted by molar-refractivity contribution is 7.89. The maximum absolute atomic E-state index is 13.2. The number of sulfonamides is 1. The van der Waals surface area contributed by atoms with E-state index in [9.17, 15) is 13.2 Å². The molecule has 8 nitrogen and oxygen atoms in total. The number of hydrogen-bond donors (Lipinski definition) is 1. The van der Waals surface area contributed by atoms with Crippen molar-refractivity contribution < 1.29 is 32.2 Å². The normalized spacial score (nSPS) is 15.7. The molecule has 1 aliphatic rings. The number of carbonyl (C=O) groups is 1. The molecule has 0 atom stereocenters. The maximum atomic E-state index is 13.2. The van der Waals surface area contributed by atoms with Crippen molar-refractivity contribution in [2.45, 2.75) is 24.3 Å². The summed E-state index contributed by atoms with van der Waals surface area (Å²) in [6, 6.07) is 9.15. The van der Waals surface area contributed by atoms with E-state index in [0.717, 1.165) is 0 Å². The van der Waals surface area contributed by atoms with Crippen molar-refractivity contribution in [1.29, 1.82) is 0 Å². The molecule has 1 heterocycles. The number of nitrogens with two attached hydrogens (primary N) is 1. The fourth-order valence-corrected chi connectivity index (χ4v) is 3.76. The molecular formula is C21H23NO7S. The van der Waals surface area contributed by atoms with Crippen LogP contribution in [0.2, 0.25) is 0 Å². The Kier molecular flexibility index (Phi) is 5.53. The van der Waals surface area contributed by atoms with Gasteiger partial charge in [-0.05, 0) is 55.8 Å². The van der Waals surface area contributed by atoms with Crippen molar-refractivity contribution in [2.75, 3.05) is 21.3 Å². The third-order valence-electron chi connectivity index (χ3n) is 4.76. The van der Waals surface area contributed by atoms with Gasteiger partial charge in [0.05, 0.1) is 31.8 Å². The van der Waals surface area contributed by atoms with E-state index in [0.29, 0.717) is 39.7 Å². The minimum Gasteiger partial charge on any atom is -0.493 e. The average Bonchev–Trinajstić information content (AvgIpc) is 2.95. The van der Waals surface area contributed by atoms with E-state index >= 15 is 0 Å². The lowest BCUT2D eigenvalue weighted by molar-refractivity contribution is -0.125. The fraction of sp³-hybridized carbons (Fsp3) is 0.286. The van der Waals surface area contributed by atoms with E-state index in [4.69, 9.17) is 24.1 Å². The molecule has 9 heteroatoms. The van der Waals surface area contributed by atoms with Gasteiger partial charge in [0.25, 0.3) is 0 Å². The molecule has 2 aromatic carbocycles. The van der Waals surface area contributed by atoms with Gasteiger partial charge in [-0.25, -0.2) is 13.6 Å². The number of hydrogen-bond acceptors (Lipinski definition) is 7. The van der Waals surface area contributed by atoms with E-state index < -0.39 is 15.6 Å². The van der Waals surface area contributed by atoms with E-state index in [-0.39, 0.29) is 10.7 Å². The molecule has 0 bridgehead atoms. The Balaban J connectivity index is 2.24. The first kappa shape index (κ1) is 21.7. The number of Topliss-reactive ketones (excluding diaryl/α,β-unsaturated/α-hetero) is 1. The highest BCUT2D eigenvalue weighted by Gasteiger charge is 2.43. The summed E-state index contributed by atoms with van der Waals surface area (Å²) < 4.78 is 45.2. The quantitative estimate of drug-likeness (QED) is 0.745. The van der Waals surface area contributed by atoms with Crippen LogP contribution in [-0.4, -0.2) is 41.1 Å². The number of ether oxygens (including phenoxy) is 4. The van der Waals surface area contributed by atoms with Gasteiger partial charge in [-0.15, -0.1) is 0 Å². The van der Waals surface area contributed by atoms with Gasteiger partial charge in [0, 0.05) is 5.56 Å². The van der Waals surface area contributed by atoms with Crippen LogP contribution in [0.3, 0.4) is 0 Å². The van der Waals surface area contributed by atoms with Gasteiger partial charge in [-0.2, -0.15) is 0 Å². The van der Waals surface area contributed by atoms with Gasteiger partial charge in [0.15, 0.2) is 17.1 Å². The molecule has 0 unspecified atom stereocenters. The topological polar surface area (TPSA) is 114 Å². The fourth-order valence-electron chi connectivity index (χ4n) is 3.24. The van der Waals surface area contributed by atoms with E-state index in [1.807, 2.05) is 0 Å². The van der Waals surface area contributed by atoms with E-state index in [2.05, 4.69) is 0 Å². The zero-order valence-electron chi connectivity index (χ0n) is 17.3. The van der Waals surface area contributed by atoms with E-state index in [1.165, 1.54) is 33.5 Å². The SMILES string of the molecule is COc1cc(C2=C(c3ccc(S(N)(=O)=O)cc3)OC(C)(C)C2=O)cc(OC)c1OC. The molecule has 0 saturated carbocycles. The first-order valence-electron chi connectivity index (χ1n) is 8.95. The summed E-state index contributed by atoms with van der Waals surface area (Å²) in [4.78, 5) is 13.1. The molecule has 2 aromatic rings. The molecule has 30 heavy (non-hydrogen) atoms. The summed E-state index contributed by atoms with van der Waals surface area (Å²) in [5, 5.41) is 5.17. The van der Waals surface area contributed by atoms with Gasteiger partial charge >= 0.3 is 0 Å². The number of rotatable bonds is 6. The Morgan fingerprint density at radius 3 is 1.87 bits per heavy atom. The van der Waals surface area contributed by atoms with Gasteiger partial charge in [0.1, 0.15) is 5.76 Å². The lowest BCUT2D eigenvalue weighted by Crippen LogP contribution is -2.29. The van der Waals surface area contributed by atoms with Gasteiger partial charge in [-0.1, -0.05) is 0 Å². The van der Waals surface area contributed by atoms with Gasteiger partial charge < -0.3 is 18.9 Å². The molecule has 160 valence electrons. The van der Waals surface area contributed by atoms with Crippen LogP contribution in [-0.2, 0) is 19.6 Å². The molecule has 0 amide bonds. The lowest BCUT2D eigenvalue weighted by Gasteiger charge is -2.18. The highest BCUT2D eigenvalue weighted by Crippen LogP contribution is 2.46. The molecule has 0 spiro atoms. The van der Waals surface area contributed by atoms with Crippen LogP contribution in [0.15, 0.2) is 41.3 Å². The summed E-state index contributed by atoms with van der Waals surface area (Å²) in [5.74, 6) is 1.26. The largest absolute Gasteiger partial charge is 0.493 e. The highest BCUT2D eigenvalue weighted by atomic mass is 32.2. The number of methoxy groups -OCH3 is 3. The Bertz CT molecular complexity index is 1110. The second-order valence-corrected chi connectivity index (χ2v) is 8.69. The molecule has 3 rings (SSSR count). The van der Waals surface area contributed by atoms with Crippen LogP contribution in [0.5, 0.6) is 17.2 Å². The second kappa shape index (κ2) is 7.66. The molecular weight excluding hydrogens is 410 g/mol. The zero-order valence-corrected chi connectivity index (χ0v) is 18.1. The van der Waals surface area contributed by atoms with E-state index in [1.54, 1.807) is 38.1 Å². The molecule has 1 aliphatic heterocycles. The monoisotopic (exact) mass is 433 g/mol. The number of primary sulfonamides is 1. The molecule has 0 radical (unpaired) electrons. The molecule has 0 fully saturated rings. The minimum atomic E-state index is -3.84. The number of ketones is 1. The van der Waals surface area contributed by atoms with Crippen LogP contribution in [0, 0.1) is 0 Å². The number of carbonyl (C=O) groups excluding carboxylic acids is 1. The smallest absolute Gasteiger partial charge is 0.238 e. The Labute approximate surface area is 175 Å². The Hall–Kier alpha value is -3.04. The standard InChI is InChI=1S/C21H23NO7S/c1-21(2)20(23)17(13-10-15(26-3)19(28-5)16(11-13)27-4)18(29-21)12-6-8-14(9-7-12)30(22,24)25/h6-11H,1-5H3,(H2,22,24,25). The molecule has 2 N–H and O–H groups in total. The van der Waals surface area contributed by atoms with Crippen LogP contribution in [0.25, 0.3) is 11.3 Å². The summed E-state index contributed by atoms with van der Waals surface area (Å²) >= 11 is 0. The van der Waals surface area contributed by atoms with Crippen LogP contribution < -0.4 is 19.3 Å². The van der Waals surface area contributed by atoms with Gasteiger partial charge in [-0.3, -0.25) is 4.79 Å². The van der Waals surface area contributed by atoms with Crippen molar-refractivity contribution >= 4 is 27.1 Å². The third-order valence-corrected chi connectivity index (χ3v) is 5.69. The van der Waals surface area contributed by atoms with Crippen molar-refractivity contribution in [3.05, 3.63) is 47.5 Å². The van der Waals surface area contributed by atoms with Crippen molar-refractivity contribution in [1.82, 2.24) is 0 Å². The predicted octanol–water partition coefficient (Wildman–Crippen LogP) is 2.61. The Morgan fingerprint density at radius 2 is 1.43 bits per heavy atom. The summed E-state index contributed by atoms with van der Waals surface area (Å²) in [6.07, 6.45) is 0. The molecule has 0 aliphatic carbocycles. The third kappa shape index (κ3) is 3.73.